The van der Waals surface area contributed by atoms with Crippen molar-refractivity contribution >= 4 is 11.5 Å². The van der Waals surface area contributed by atoms with Crippen molar-refractivity contribution in [1.82, 2.24) is 0 Å². The topological polar surface area (TPSA) is 20.3 Å². The predicted molar refractivity (Wildman–Crippen MR) is 97.8 cm³/mol. The van der Waals surface area contributed by atoms with Crippen LogP contribution >= 0.6 is 0 Å². The average molecular weight is 317 g/mol. The van der Waals surface area contributed by atoms with Gasteiger partial charge in [0.2, 0.25) is 0 Å². The summed E-state index contributed by atoms with van der Waals surface area (Å²) in [6.45, 7) is 0. The van der Waals surface area contributed by atoms with Crippen LogP contribution in [0, 0.1) is 0 Å². The maximum Gasteiger partial charge on any atom is 0.163 e. The third kappa shape index (κ3) is 2.77. The number of benzene rings is 2. The van der Waals surface area contributed by atoms with Gasteiger partial charge in [0, 0.05) is 23.4 Å². The highest BCUT2D eigenvalue weighted by molar-refractivity contribution is 5.99. The average Bonchev–Trinajstić information content (AvgIpc) is 2.89. The van der Waals surface area contributed by atoms with E-state index >= 15 is 0 Å². The Morgan fingerprint density at radius 3 is 2.21 bits per heavy atom. The monoisotopic (exact) mass is 317 g/mol. The first kappa shape index (κ1) is 15.2. The van der Waals surface area contributed by atoms with Gasteiger partial charge in [0.1, 0.15) is 0 Å². The lowest BCUT2D eigenvalue weighted by atomic mass is 9.88. The summed E-state index contributed by atoms with van der Waals surface area (Å²) >= 11 is 0. The second kappa shape index (κ2) is 6.64. The van der Waals surface area contributed by atoms with E-state index in [0.717, 1.165) is 24.8 Å². The van der Waals surface area contributed by atoms with Crippen molar-refractivity contribution in [3.05, 3.63) is 77.5 Å². The summed E-state index contributed by atoms with van der Waals surface area (Å²) in [7, 11) is 0. The van der Waals surface area contributed by atoms with Gasteiger partial charge in [-0.3, -0.25) is 4.79 Å². The highest BCUT2D eigenvalue weighted by Gasteiger charge is 2.35. The smallest absolute Gasteiger partial charge is 0.163 e. The Balaban J connectivity index is 1.85. The zero-order valence-corrected chi connectivity index (χ0v) is 13.9. The number of nitrogens with zero attached hydrogens (tertiary/aromatic N) is 1. The van der Waals surface area contributed by atoms with Gasteiger partial charge in [0.25, 0.3) is 0 Å². The Labute approximate surface area is 143 Å². The van der Waals surface area contributed by atoms with Crippen LogP contribution in [0.3, 0.4) is 0 Å². The Morgan fingerprint density at radius 2 is 1.46 bits per heavy atom. The molecular formula is C22H23NO. The zero-order chi connectivity index (χ0) is 16.4. The van der Waals surface area contributed by atoms with Crippen molar-refractivity contribution in [2.75, 3.05) is 4.90 Å². The van der Waals surface area contributed by atoms with Gasteiger partial charge in [-0.15, -0.1) is 0 Å². The molecule has 2 aliphatic rings. The van der Waals surface area contributed by atoms with Gasteiger partial charge < -0.3 is 4.90 Å². The standard InChI is InChI=1S/C22H23NO/c24-22-16-21(17-10-4-1-5-11-17)23(18-12-6-2-7-13-18)20-15-9-3-8-14-19(20)22/h1-2,4-7,10-13,21H,3,8-9,14-16H2. The molecule has 1 unspecified atom stereocenters. The molecule has 1 aliphatic carbocycles. The van der Waals surface area contributed by atoms with E-state index in [-0.39, 0.29) is 6.04 Å². The lowest BCUT2D eigenvalue weighted by molar-refractivity contribution is -0.116. The van der Waals surface area contributed by atoms with Crippen LogP contribution in [-0.2, 0) is 4.79 Å². The molecule has 0 N–H and O–H groups in total. The second-order valence-electron chi connectivity index (χ2n) is 6.75. The minimum atomic E-state index is 0.109. The molecule has 0 radical (unpaired) electrons. The lowest BCUT2D eigenvalue weighted by Crippen LogP contribution is -2.36. The number of allylic oxidation sites excluding steroid dienone is 2. The Kier molecular flexibility index (Phi) is 4.20. The van der Waals surface area contributed by atoms with E-state index < -0.39 is 0 Å². The zero-order valence-electron chi connectivity index (χ0n) is 13.9. The number of Topliss-reactive ketones (excluding diaryl/α,β-unsaturated/α-hetero) is 1. The molecule has 2 aromatic rings. The quantitative estimate of drug-likeness (QED) is 0.736. The van der Waals surface area contributed by atoms with E-state index in [4.69, 9.17) is 0 Å². The molecule has 1 atom stereocenters. The number of hydrogen-bond donors (Lipinski definition) is 0. The van der Waals surface area contributed by atoms with Crippen molar-refractivity contribution in [2.45, 2.75) is 44.6 Å². The Bertz CT molecular complexity index is 748. The normalized spacial score (nSPS) is 21.4. The molecule has 4 rings (SSSR count). The van der Waals surface area contributed by atoms with Gasteiger partial charge in [-0.1, -0.05) is 55.0 Å². The number of anilines is 1. The van der Waals surface area contributed by atoms with Gasteiger partial charge in [-0.2, -0.15) is 0 Å². The van der Waals surface area contributed by atoms with Gasteiger partial charge >= 0.3 is 0 Å². The van der Waals surface area contributed by atoms with Crippen LogP contribution in [0.25, 0.3) is 0 Å². The molecule has 122 valence electrons. The summed E-state index contributed by atoms with van der Waals surface area (Å²) in [6, 6.07) is 21.2. The molecule has 0 bridgehead atoms. The van der Waals surface area contributed by atoms with Crippen molar-refractivity contribution < 1.29 is 4.79 Å². The number of rotatable bonds is 2. The molecule has 24 heavy (non-hydrogen) atoms. The van der Waals surface area contributed by atoms with E-state index in [1.807, 2.05) is 6.07 Å². The van der Waals surface area contributed by atoms with Crippen molar-refractivity contribution in [3.8, 4) is 0 Å². The first-order valence-electron chi connectivity index (χ1n) is 8.99. The predicted octanol–water partition coefficient (Wildman–Crippen LogP) is 5.43. The molecule has 0 saturated heterocycles. The minimum absolute atomic E-state index is 0.109. The minimum Gasteiger partial charge on any atom is -0.337 e. The number of ketones is 1. The number of carbonyl (C=O) groups excluding carboxylic acids is 1. The van der Waals surface area contributed by atoms with E-state index in [9.17, 15) is 4.79 Å². The van der Waals surface area contributed by atoms with Gasteiger partial charge in [-0.25, -0.2) is 0 Å². The summed E-state index contributed by atoms with van der Waals surface area (Å²) in [5.74, 6) is 0.355. The fourth-order valence-corrected chi connectivity index (χ4v) is 4.08. The van der Waals surface area contributed by atoms with Crippen LogP contribution in [0.15, 0.2) is 71.9 Å². The van der Waals surface area contributed by atoms with Crippen LogP contribution < -0.4 is 4.90 Å². The van der Waals surface area contributed by atoms with E-state index in [1.165, 1.54) is 29.8 Å². The molecule has 2 heteroatoms. The van der Waals surface area contributed by atoms with Crippen molar-refractivity contribution in [2.24, 2.45) is 0 Å². The summed E-state index contributed by atoms with van der Waals surface area (Å²) in [6.07, 6.45) is 6.08. The lowest BCUT2D eigenvalue weighted by Gasteiger charge is -2.40. The van der Waals surface area contributed by atoms with Crippen LogP contribution in [-0.4, -0.2) is 5.78 Å². The van der Waals surface area contributed by atoms with Gasteiger partial charge in [0.05, 0.1) is 6.04 Å². The third-order valence-electron chi connectivity index (χ3n) is 5.23. The summed E-state index contributed by atoms with van der Waals surface area (Å²) < 4.78 is 0. The van der Waals surface area contributed by atoms with Gasteiger partial charge in [0.15, 0.2) is 5.78 Å². The molecule has 2 nitrogen and oxygen atoms in total. The van der Waals surface area contributed by atoms with E-state index in [1.54, 1.807) is 0 Å². The summed E-state index contributed by atoms with van der Waals surface area (Å²) in [5, 5.41) is 0. The summed E-state index contributed by atoms with van der Waals surface area (Å²) in [4.78, 5) is 15.3. The molecule has 0 amide bonds. The molecule has 1 aliphatic heterocycles. The van der Waals surface area contributed by atoms with Crippen LogP contribution in [0.1, 0.15) is 50.1 Å². The largest absolute Gasteiger partial charge is 0.337 e. The van der Waals surface area contributed by atoms with Crippen molar-refractivity contribution in [3.63, 3.8) is 0 Å². The number of hydrogen-bond acceptors (Lipinski definition) is 2. The number of para-hydroxylation sites is 1. The van der Waals surface area contributed by atoms with Crippen molar-refractivity contribution in [1.29, 1.82) is 0 Å². The first-order chi connectivity index (χ1) is 11.8. The second-order valence-corrected chi connectivity index (χ2v) is 6.75. The van der Waals surface area contributed by atoms with Crippen LogP contribution in [0.4, 0.5) is 5.69 Å². The van der Waals surface area contributed by atoms with Gasteiger partial charge in [-0.05, 0) is 43.4 Å². The van der Waals surface area contributed by atoms with Crippen LogP contribution in [0.5, 0.6) is 0 Å². The van der Waals surface area contributed by atoms with E-state index in [0.29, 0.717) is 12.2 Å². The molecule has 1 heterocycles. The highest BCUT2D eigenvalue weighted by Crippen LogP contribution is 2.42. The Morgan fingerprint density at radius 1 is 0.792 bits per heavy atom. The SMILES string of the molecule is O=C1CC(c2ccccc2)N(c2ccccc2)C2=C1CCCCC2. The Hall–Kier alpha value is -2.35. The highest BCUT2D eigenvalue weighted by atomic mass is 16.1. The maximum absolute atomic E-state index is 12.9. The molecule has 0 saturated carbocycles. The number of carbonyl (C=O) groups is 1. The molecule has 0 aromatic heterocycles. The van der Waals surface area contributed by atoms with Crippen LogP contribution in [0.2, 0.25) is 0 Å². The first-order valence-corrected chi connectivity index (χ1v) is 8.99. The molecule has 0 spiro atoms. The van der Waals surface area contributed by atoms with E-state index in [2.05, 4.69) is 59.5 Å². The third-order valence-corrected chi connectivity index (χ3v) is 5.23. The fraction of sp³-hybridized carbons (Fsp3) is 0.318. The maximum atomic E-state index is 12.9. The molecule has 0 fully saturated rings. The molecular weight excluding hydrogens is 294 g/mol. The molecule has 2 aromatic carbocycles. The summed E-state index contributed by atoms with van der Waals surface area (Å²) in [5.41, 5.74) is 4.78. The fourth-order valence-electron chi connectivity index (χ4n) is 4.08.